The van der Waals surface area contributed by atoms with Gasteiger partial charge in [0.15, 0.2) is 5.82 Å². The number of carboxylic acid groups (broad SMARTS) is 1. The van der Waals surface area contributed by atoms with Crippen molar-refractivity contribution in [1.82, 2.24) is 30.8 Å². The highest BCUT2D eigenvalue weighted by atomic mass is 16.5. The summed E-state index contributed by atoms with van der Waals surface area (Å²) in [6, 6.07) is -1.01. The van der Waals surface area contributed by atoms with Gasteiger partial charge in [-0.25, -0.2) is 4.79 Å². The van der Waals surface area contributed by atoms with E-state index in [9.17, 15) is 9.59 Å². The molecule has 10 heteroatoms. The van der Waals surface area contributed by atoms with Crippen LogP contribution in [0.1, 0.15) is 18.8 Å². The van der Waals surface area contributed by atoms with Gasteiger partial charge in [0, 0.05) is 13.7 Å². The SMILES string of the molecule is COCCN(CC(=O)O)C(=O)NC(C)c1nn[nH]n1. The highest BCUT2D eigenvalue weighted by molar-refractivity contribution is 5.80. The Morgan fingerprint density at radius 3 is 2.84 bits per heavy atom. The molecule has 0 spiro atoms. The van der Waals surface area contributed by atoms with Crippen LogP contribution in [0.2, 0.25) is 0 Å². The number of aliphatic carboxylic acids is 1. The Morgan fingerprint density at radius 2 is 2.32 bits per heavy atom. The normalized spacial score (nSPS) is 11.9. The molecule has 106 valence electrons. The van der Waals surface area contributed by atoms with E-state index in [1.807, 2.05) is 0 Å². The van der Waals surface area contributed by atoms with E-state index >= 15 is 0 Å². The minimum absolute atomic E-state index is 0.174. The first-order valence-electron chi connectivity index (χ1n) is 5.54. The molecule has 1 aromatic rings. The van der Waals surface area contributed by atoms with Gasteiger partial charge in [-0.1, -0.05) is 5.21 Å². The summed E-state index contributed by atoms with van der Waals surface area (Å²) < 4.78 is 4.83. The van der Waals surface area contributed by atoms with Crippen LogP contribution in [-0.2, 0) is 9.53 Å². The number of hydrogen-bond acceptors (Lipinski definition) is 6. The monoisotopic (exact) mass is 272 g/mol. The van der Waals surface area contributed by atoms with E-state index in [1.165, 1.54) is 7.11 Å². The number of nitrogens with zero attached hydrogens (tertiary/aromatic N) is 4. The molecule has 0 aliphatic heterocycles. The quantitative estimate of drug-likeness (QED) is 0.579. The van der Waals surface area contributed by atoms with Gasteiger partial charge in [0.1, 0.15) is 6.54 Å². The van der Waals surface area contributed by atoms with Crippen molar-refractivity contribution >= 4 is 12.0 Å². The summed E-state index contributed by atoms with van der Waals surface area (Å²) in [4.78, 5) is 23.7. The maximum Gasteiger partial charge on any atom is 0.323 e. The maximum atomic E-state index is 11.9. The number of rotatable bonds is 7. The van der Waals surface area contributed by atoms with Crippen LogP contribution in [0, 0.1) is 0 Å². The Balaban J connectivity index is 2.57. The Hall–Kier alpha value is -2.23. The van der Waals surface area contributed by atoms with Gasteiger partial charge in [-0.2, -0.15) is 5.21 Å². The number of carboxylic acids is 1. The summed E-state index contributed by atoms with van der Waals surface area (Å²) in [7, 11) is 1.47. The summed E-state index contributed by atoms with van der Waals surface area (Å²) >= 11 is 0. The summed E-state index contributed by atoms with van der Waals surface area (Å²) in [6.07, 6.45) is 0. The van der Waals surface area contributed by atoms with Crippen LogP contribution >= 0.6 is 0 Å². The number of aromatic amines is 1. The minimum atomic E-state index is -1.10. The van der Waals surface area contributed by atoms with Crippen molar-refractivity contribution in [2.75, 3.05) is 26.8 Å². The first kappa shape index (κ1) is 14.8. The van der Waals surface area contributed by atoms with Crippen molar-refractivity contribution in [3.05, 3.63) is 5.82 Å². The minimum Gasteiger partial charge on any atom is -0.480 e. The fourth-order valence-electron chi connectivity index (χ4n) is 1.31. The van der Waals surface area contributed by atoms with E-state index in [2.05, 4.69) is 25.9 Å². The molecule has 0 saturated carbocycles. The van der Waals surface area contributed by atoms with E-state index in [4.69, 9.17) is 9.84 Å². The predicted molar refractivity (Wildman–Crippen MR) is 62.2 cm³/mol. The average Bonchev–Trinajstić information content (AvgIpc) is 2.87. The lowest BCUT2D eigenvalue weighted by Gasteiger charge is -2.22. The van der Waals surface area contributed by atoms with Gasteiger partial charge in [0.05, 0.1) is 12.6 Å². The third kappa shape index (κ3) is 4.87. The van der Waals surface area contributed by atoms with Gasteiger partial charge in [-0.15, -0.1) is 10.2 Å². The topological polar surface area (TPSA) is 133 Å². The van der Waals surface area contributed by atoms with Crippen molar-refractivity contribution in [2.45, 2.75) is 13.0 Å². The number of H-pyrrole nitrogens is 1. The van der Waals surface area contributed by atoms with Crippen LogP contribution in [0.15, 0.2) is 0 Å². The number of tetrazole rings is 1. The summed E-state index contributed by atoms with van der Waals surface area (Å²) in [5.41, 5.74) is 0. The van der Waals surface area contributed by atoms with E-state index < -0.39 is 24.6 Å². The van der Waals surface area contributed by atoms with Crippen LogP contribution in [0.5, 0.6) is 0 Å². The van der Waals surface area contributed by atoms with Crippen LogP contribution in [0.4, 0.5) is 4.79 Å². The highest BCUT2D eigenvalue weighted by Gasteiger charge is 2.20. The first-order valence-corrected chi connectivity index (χ1v) is 5.54. The molecule has 1 heterocycles. The molecule has 1 unspecified atom stereocenters. The number of nitrogens with one attached hydrogen (secondary N) is 2. The van der Waals surface area contributed by atoms with E-state index in [0.29, 0.717) is 5.82 Å². The van der Waals surface area contributed by atoms with E-state index in [-0.39, 0.29) is 13.2 Å². The Kier molecular flexibility index (Phi) is 5.67. The van der Waals surface area contributed by atoms with Crippen LogP contribution < -0.4 is 5.32 Å². The number of amides is 2. The maximum absolute atomic E-state index is 11.9. The zero-order valence-electron chi connectivity index (χ0n) is 10.7. The second-order valence-corrected chi connectivity index (χ2v) is 3.75. The largest absolute Gasteiger partial charge is 0.480 e. The second kappa shape index (κ2) is 7.26. The third-order valence-electron chi connectivity index (χ3n) is 2.27. The molecule has 1 rings (SSSR count). The van der Waals surface area contributed by atoms with Crippen molar-refractivity contribution < 1.29 is 19.4 Å². The van der Waals surface area contributed by atoms with Crippen LogP contribution in [0.25, 0.3) is 0 Å². The molecule has 2 amide bonds. The number of hydrogen-bond donors (Lipinski definition) is 3. The molecule has 0 aliphatic carbocycles. The number of ether oxygens (including phenoxy) is 1. The number of aromatic nitrogens is 4. The number of urea groups is 1. The summed E-state index contributed by atoms with van der Waals surface area (Å²) in [5, 5.41) is 24.4. The number of carbonyl (C=O) groups is 2. The van der Waals surface area contributed by atoms with Crippen LogP contribution in [-0.4, -0.2) is 69.4 Å². The summed E-state index contributed by atoms with van der Waals surface area (Å²) in [5.74, 6) is -0.783. The number of methoxy groups -OCH3 is 1. The molecule has 10 nitrogen and oxygen atoms in total. The number of carbonyl (C=O) groups excluding carboxylic acids is 1. The standard InChI is InChI=1S/C9H16N6O4/c1-6(8-11-13-14-12-8)10-9(18)15(3-4-19-2)5-7(16)17/h6H,3-5H2,1-2H3,(H,10,18)(H,16,17)(H,11,12,13,14). The molecule has 0 fully saturated rings. The average molecular weight is 272 g/mol. The van der Waals surface area contributed by atoms with E-state index in [0.717, 1.165) is 4.90 Å². The molecule has 0 radical (unpaired) electrons. The third-order valence-corrected chi connectivity index (χ3v) is 2.27. The molecule has 0 bridgehead atoms. The smallest absolute Gasteiger partial charge is 0.323 e. The van der Waals surface area contributed by atoms with Crippen molar-refractivity contribution in [3.8, 4) is 0 Å². The molecule has 0 aliphatic rings. The highest BCUT2D eigenvalue weighted by Crippen LogP contribution is 2.04. The molecule has 19 heavy (non-hydrogen) atoms. The van der Waals surface area contributed by atoms with Crippen molar-refractivity contribution in [2.24, 2.45) is 0 Å². The van der Waals surface area contributed by atoms with Crippen LogP contribution in [0.3, 0.4) is 0 Å². The molecule has 0 aromatic carbocycles. The Bertz CT molecular complexity index is 409. The van der Waals surface area contributed by atoms with E-state index in [1.54, 1.807) is 6.92 Å². The van der Waals surface area contributed by atoms with Gasteiger partial charge in [0.25, 0.3) is 0 Å². The molecule has 1 atom stereocenters. The zero-order valence-corrected chi connectivity index (χ0v) is 10.7. The molecule has 1 aromatic heterocycles. The lowest BCUT2D eigenvalue weighted by Crippen LogP contribution is -2.45. The van der Waals surface area contributed by atoms with Crippen molar-refractivity contribution in [3.63, 3.8) is 0 Å². The fraction of sp³-hybridized carbons (Fsp3) is 0.667. The predicted octanol–water partition coefficient (Wildman–Crippen LogP) is -0.997. The van der Waals surface area contributed by atoms with Gasteiger partial charge < -0.3 is 20.1 Å². The molecular weight excluding hydrogens is 256 g/mol. The van der Waals surface area contributed by atoms with Gasteiger partial charge >= 0.3 is 12.0 Å². The second-order valence-electron chi connectivity index (χ2n) is 3.75. The Labute approximate surface area is 109 Å². The van der Waals surface area contributed by atoms with Gasteiger partial charge in [-0.05, 0) is 6.92 Å². The van der Waals surface area contributed by atoms with Gasteiger partial charge in [0.2, 0.25) is 0 Å². The molecule has 0 saturated heterocycles. The molecule has 3 N–H and O–H groups in total. The van der Waals surface area contributed by atoms with Gasteiger partial charge in [-0.3, -0.25) is 4.79 Å². The first-order chi connectivity index (χ1) is 9.04. The lowest BCUT2D eigenvalue weighted by molar-refractivity contribution is -0.137. The summed E-state index contributed by atoms with van der Waals surface area (Å²) in [6.45, 7) is 1.68. The molecular formula is C9H16N6O4. The fourth-order valence-corrected chi connectivity index (χ4v) is 1.31. The Morgan fingerprint density at radius 1 is 1.58 bits per heavy atom. The lowest BCUT2D eigenvalue weighted by atomic mass is 10.3. The zero-order chi connectivity index (χ0) is 14.3. The van der Waals surface area contributed by atoms with Crippen molar-refractivity contribution in [1.29, 1.82) is 0 Å².